The molecule has 23 heavy (non-hydrogen) atoms. The highest BCUT2D eigenvalue weighted by atomic mass is 35.5. The van der Waals surface area contributed by atoms with Gasteiger partial charge in [-0.2, -0.15) is 0 Å². The Morgan fingerprint density at radius 1 is 1.17 bits per heavy atom. The van der Waals surface area contributed by atoms with Crippen LogP contribution in [0.3, 0.4) is 0 Å². The molecule has 0 heterocycles. The van der Waals surface area contributed by atoms with Crippen LogP contribution >= 0.6 is 23.2 Å². The quantitative estimate of drug-likeness (QED) is 0.824. The molecule has 122 valence electrons. The number of carbonyl (C=O) groups is 1. The molecule has 0 bridgehead atoms. The molecule has 0 aliphatic rings. The third kappa shape index (κ3) is 4.50. The number of halogens is 3. The minimum Gasteiger partial charge on any atom is -0.495 e. The molecule has 2 rings (SSSR count). The van der Waals surface area contributed by atoms with E-state index in [9.17, 15) is 9.18 Å². The van der Waals surface area contributed by atoms with Crippen LogP contribution in [-0.2, 0) is 4.79 Å². The number of methoxy groups -OCH3 is 1. The summed E-state index contributed by atoms with van der Waals surface area (Å²) in [6.45, 7) is 1.69. The summed E-state index contributed by atoms with van der Waals surface area (Å²) in [6.07, 6.45) is 0. The van der Waals surface area contributed by atoms with Gasteiger partial charge in [-0.3, -0.25) is 4.79 Å². The normalized spacial score (nSPS) is 11.7. The minimum atomic E-state index is -0.555. The van der Waals surface area contributed by atoms with E-state index in [0.29, 0.717) is 22.1 Å². The summed E-state index contributed by atoms with van der Waals surface area (Å²) in [6, 6.07) is 8.33. The van der Waals surface area contributed by atoms with Crippen LogP contribution in [0.25, 0.3) is 0 Å². The molecule has 1 amide bonds. The molecule has 7 heteroatoms. The molecule has 0 aliphatic carbocycles. The predicted octanol–water partition coefficient (Wildman–Crippen LogP) is 4.58. The summed E-state index contributed by atoms with van der Waals surface area (Å²) < 4.78 is 18.1. The van der Waals surface area contributed by atoms with E-state index in [1.54, 1.807) is 25.1 Å². The first-order valence-corrected chi connectivity index (χ1v) is 7.52. The Morgan fingerprint density at radius 3 is 2.52 bits per heavy atom. The lowest BCUT2D eigenvalue weighted by Crippen LogP contribution is -2.31. The number of hydrogen-bond donors (Lipinski definition) is 2. The van der Waals surface area contributed by atoms with Gasteiger partial charge in [-0.05, 0) is 43.3 Å². The van der Waals surface area contributed by atoms with Gasteiger partial charge < -0.3 is 15.4 Å². The number of rotatable bonds is 5. The van der Waals surface area contributed by atoms with Gasteiger partial charge >= 0.3 is 0 Å². The van der Waals surface area contributed by atoms with Gasteiger partial charge in [0.25, 0.3) is 0 Å². The fraction of sp³-hybridized carbons (Fsp3) is 0.188. The Balaban J connectivity index is 2.03. The van der Waals surface area contributed by atoms with Crippen molar-refractivity contribution in [3.63, 3.8) is 0 Å². The molecule has 1 unspecified atom stereocenters. The van der Waals surface area contributed by atoms with Crippen molar-refractivity contribution < 1.29 is 13.9 Å². The standard InChI is InChI=1S/C16H15Cl2FN2O2/c1-9(20-11-4-6-15(23-2)13(18)8-11)16(22)21-14-5-3-10(19)7-12(14)17/h3-9,20H,1-2H3,(H,21,22). The van der Waals surface area contributed by atoms with Crippen LogP contribution in [0.15, 0.2) is 36.4 Å². The zero-order valence-electron chi connectivity index (χ0n) is 12.5. The maximum atomic E-state index is 13.0. The lowest BCUT2D eigenvalue weighted by Gasteiger charge is -2.16. The Hall–Kier alpha value is -1.98. The second kappa shape index (κ2) is 7.53. The molecule has 0 fully saturated rings. The van der Waals surface area contributed by atoms with Crippen molar-refractivity contribution >= 4 is 40.5 Å². The number of carbonyl (C=O) groups excluding carboxylic acids is 1. The molecule has 0 saturated heterocycles. The van der Waals surface area contributed by atoms with Gasteiger partial charge in [-0.25, -0.2) is 4.39 Å². The van der Waals surface area contributed by atoms with Crippen LogP contribution in [0.1, 0.15) is 6.92 Å². The van der Waals surface area contributed by atoms with Crippen LogP contribution in [-0.4, -0.2) is 19.1 Å². The molecule has 2 aromatic rings. The molecule has 0 radical (unpaired) electrons. The van der Waals surface area contributed by atoms with Gasteiger partial charge in [0.15, 0.2) is 0 Å². The summed E-state index contributed by atoms with van der Waals surface area (Å²) in [4.78, 5) is 12.2. The van der Waals surface area contributed by atoms with Crippen LogP contribution in [0.4, 0.5) is 15.8 Å². The van der Waals surface area contributed by atoms with Crippen molar-refractivity contribution in [3.05, 3.63) is 52.3 Å². The molecule has 0 saturated carbocycles. The Morgan fingerprint density at radius 2 is 1.91 bits per heavy atom. The predicted molar refractivity (Wildman–Crippen MR) is 91.1 cm³/mol. The van der Waals surface area contributed by atoms with Crippen molar-refractivity contribution in [2.45, 2.75) is 13.0 Å². The Bertz CT molecular complexity index is 725. The molecule has 1 atom stereocenters. The third-order valence-electron chi connectivity index (χ3n) is 3.12. The second-order valence-electron chi connectivity index (χ2n) is 4.83. The van der Waals surface area contributed by atoms with Gasteiger partial charge in [0.05, 0.1) is 22.8 Å². The van der Waals surface area contributed by atoms with Crippen LogP contribution in [0, 0.1) is 5.82 Å². The van der Waals surface area contributed by atoms with Crippen molar-refractivity contribution in [3.8, 4) is 5.75 Å². The first-order valence-electron chi connectivity index (χ1n) is 6.76. The molecular weight excluding hydrogens is 342 g/mol. The van der Waals surface area contributed by atoms with Gasteiger partial charge in [-0.1, -0.05) is 23.2 Å². The molecule has 0 spiro atoms. The van der Waals surface area contributed by atoms with E-state index < -0.39 is 11.9 Å². The van der Waals surface area contributed by atoms with Gasteiger partial charge in [0, 0.05) is 5.69 Å². The lowest BCUT2D eigenvalue weighted by molar-refractivity contribution is -0.116. The zero-order valence-corrected chi connectivity index (χ0v) is 14.0. The SMILES string of the molecule is COc1ccc(NC(C)C(=O)Nc2ccc(F)cc2Cl)cc1Cl. The lowest BCUT2D eigenvalue weighted by atomic mass is 10.2. The maximum absolute atomic E-state index is 13.0. The summed E-state index contributed by atoms with van der Waals surface area (Å²) >= 11 is 11.9. The van der Waals surface area contributed by atoms with E-state index in [1.807, 2.05) is 0 Å². The summed E-state index contributed by atoms with van der Waals surface area (Å²) in [5.74, 6) is -0.232. The fourth-order valence-electron chi connectivity index (χ4n) is 1.90. The molecule has 4 nitrogen and oxygen atoms in total. The van der Waals surface area contributed by atoms with E-state index in [2.05, 4.69) is 10.6 Å². The Kier molecular flexibility index (Phi) is 5.69. The van der Waals surface area contributed by atoms with Gasteiger partial charge in [-0.15, -0.1) is 0 Å². The topological polar surface area (TPSA) is 50.4 Å². The largest absolute Gasteiger partial charge is 0.495 e. The first-order chi connectivity index (χ1) is 10.9. The monoisotopic (exact) mass is 356 g/mol. The van der Waals surface area contributed by atoms with E-state index in [0.717, 1.165) is 6.07 Å². The number of hydrogen-bond acceptors (Lipinski definition) is 3. The third-order valence-corrected chi connectivity index (χ3v) is 3.73. The van der Waals surface area contributed by atoms with Gasteiger partial charge in [0.2, 0.25) is 5.91 Å². The van der Waals surface area contributed by atoms with Gasteiger partial charge in [0.1, 0.15) is 17.6 Å². The van der Waals surface area contributed by atoms with E-state index in [-0.39, 0.29) is 10.9 Å². The zero-order chi connectivity index (χ0) is 17.0. The highest BCUT2D eigenvalue weighted by molar-refractivity contribution is 6.33. The van der Waals surface area contributed by atoms with Crippen molar-refractivity contribution in [1.82, 2.24) is 0 Å². The number of nitrogens with one attached hydrogen (secondary N) is 2. The van der Waals surface area contributed by atoms with Crippen molar-refractivity contribution in [2.24, 2.45) is 0 Å². The number of ether oxygens (including phenoxy) is 1. The number of benzene rings is 2. The van der Waals surface area contributed by atoms with Crippen LogP contribution in [0.5, 0.6) is 5.75 Å². The van der Waals surface area contributed by atoms with Crippen LogP contribution < -0.4 is 15.4 Å². The Labute approximate surface area is 143 Å². The molecule has 0 aliphatic heterocycles. The van der Waals surface area contributed by atoms with Crippen LogP contribution in [0.2, 0.25) is 10.0 Å². The molecular formula is C16H15Cl2FN2O2. The van der Waals surface area contributed by atoms with E-state index in [1.165, 1.54) is 19.2 Å². The average molecular weight is 357 g/mol. The summed E-state index contributed by atoms with van der Waals surface area (Å²) in [7, 11) is 1.52. The first kappa shape index (κ1) is 17.4. The number of anilines is 2. The molecule has 0 aromatic heterocycles. The summed E-state index contributed by atoms with van der Waals surface area (Å²) in [5.41, 5.74) is 1.02. The van der Waals surface area contributed by atoms with E-state index in [4.69, 9.17) is 27.9 Å². The van der Waals surface area contributed by atoms with E-state index >= 15 is 0 Å². The summed E-state index contributed by atoms with van der Waals surface area (Å²) in [5, 5.41) is 6.23. The smallest absolute Gasteiger partial charge is 0.246 e. The maximum Gasteiger partial charge on any atom is 0.246 e. The fourth-order valence-corrected chi connectivity index (χ4v) is 2.38. The average Bonchev–Trinajstić information content (AvgIpc) is 2.50. The highest BCUT2D eigenvalue weighted by Gasteiger charge is 2.15. The van der Waals surface area contributed by atoms with Crippen molar-refractivity contribution in [1.29, 1.82) is 0 Å². The minimum absolute atomic E-state index is 0.137. The second-order valence-corrected chi connectivity index (χ2v) is 5.64. The number of amides is 1. The highest BCUT2D eigenvalue weighted by Crippen LogP contribution is 2.28. The van der Waals surface area contributed by atoms with Crippen molar-refractivity contribution in [2.75, 3.05) is 17.7 Å². The molecule has 2 N–H and O–H groups in total. The molecule has 2 aromatic carbocycles.